The molecule has 30 heavy (non-hydrogen) atoms. The standard InChI is InChI=1S/C23H19BrN2O4/c1-15-7-10-17(11-8-15)23(28)30-20-12-9-16(13-21(20)29-2)14-25-26-22(27)18-5-3-4-6-19(18)24/h3-14H,1-2H3,(H,26,27)/b25-14+. The lowest BCUT2D eigenvalue weighted by Gasteiger charge is -2.10. The van der Waals surface area contributed by atoms with Crippen LogP contribution in [0.25, 0.3) is 0 Å². The van der Waals surface area contributed by atoms with Crippen molar-refractivity contribution in [2.24, 2.45) is 5.10 Å². The molecule has 0 radical (unpaired) electrons. The zero-order valence-corrected chi connectivity index (χ0v) is 18.0. The summed E-state index contributed by atoms with van der Waals surface area (Å²) in [6.07, 6.45) is 1.48. The lowest BCUT2D eigenvalue weighted by Crippen LogP contribution is -2.18. The van der Waals surface area contributed by atoms with E-state index in [1.807, 2.05) is 25.1 Å². The molecule has 0 saturated heterocycles. The van der Waals surface area contributed by atoms with Gasteiger partial charge in [-0.1, -0.05) is 29.8 Å². The molecule has 0 unspecified atom stereocenters. The van der Waals surface area contributed by atoms with Gasteiger partial charge in [-0.2, -0.15) is 5.10 Å². The number of nitrogens with zero attached hydrogens (tertiary/aromatic N) is 1. The molecule has 0 aromatic heterocycles. The molecule has 3 rings (SSSR count). The summed E-state index contributed by atoms with van der Waals surface area (Å²) in [7, 11) is 1.48. The molecule has 6 nitrogen and oxygen atoms in total. The number of ether oxygens (including phenoxy) is 2. The van der Waals surface area contributed by atoms with Crippen LogP contribution in [0.4, 0.5) is 0 Å². The molecule has 0 spiro atoms. The fraction of sp³-hybridized carbons (Fsp3) is 0.0870. The minimum Gasteiger partial charge on any atom is -0.493 e. The van der Waals surface area contributed by atoms with Gasteiger partial charge < -0.3 is 9.47 Å². The zero-order chi connectivity index (χ0) is 21.5. The van der Waals surface area contributed by atoms with Gasteiger partial charge in [-0.3, -0.25) is 4.79 Å². The second-order valence-corrected chi connectivity index (χ2v) is 7.20. The Balaban J connectivity index is 1.68. The first-order valence-corrected chi connectivity index (χ1v) is 9.82. The van der Waals surface area contributed by atoms with E-state index in [0.29, 0.717) is 26.9 Å². The van der Waals surface area contributed by atoms with E-state index in [2.05, 4.69) is 26.5 Å². The molecule has 1 N–H and O–H groups in total. The van der Waals surface area contributed by atoms with Crippen molar-refractivity contribution in [2.45, 2.75) is 6.92 Å². The molecule has 1 amide bonds. The van der Waals surface area contributed by atoms with Crippen LogP contribution in [-0.2, 0) is 0 Å². The SMILES string of the molecule is COc1cc(/C=N/NC(=O)c2ccccc2Br)ccc1OC(=O)c1ccc(C)cc1. The van der Waals surface area contributed by atoms with E-state index >= 15 is 0 Å². The van der Waals surface area contributed by atoms with E-state index in [1.54, 1.807) is 48.5 Å². The van der Waals surface area contributed by atoms with Crippen molar-refractivity contribution in [1.29, 1.82) is 0 Å². The van der Waals surface area contributed by atoms with Gasteiger partial charge in [0.15, 0.2) is 11.5 Å². The highest BCUT2D eigenvalue weighted by Crippen LogP contribution is 2.28. The molecule has 7 heteroatoms. The molecule has 0 aliphatic heterocycles. The summed E-state index contributed by atoms with van der Waals surface area (Å²) < 4.78 is 11.4. The van der Waals surface area contributed by atoms with Gasteiger partial charge in [0.05, 0.1) is 24.5 Å². The van der Waals surface area contributed by atoms with Crippen molar-refractivity contribution in [3.8, 4) is 11.5 Å². The van der Waals surface area contributed by atoms with Gasteiger partial charge in [0.25, 0.3) is 5.91 Å². The number of hydrogen-bond donors (Lipinski definition) is 1. The highest BCUT2D eigenvalue weighted by atomic mass is 79.9. The predicted molar refractivity (Wildman–Crippen MR) is 118 cm³/mol. The van der Waals surface area contributed by atoms with Gasteiger partial charge in [-0.25, -0.2) is 10.2 Å². The van der Waals surface area contributed by atoms with Crippen molar-refractivity contribution in [3.63, 3.8) is 0 Å². The lowest BCUT2D eigenvalue weighted by atomic mass is 10.1. The third-order valence-electron chi connectivity index (χ3n) is 4.18. The largest absolute Gasteiger partial charge is 0.493 e. The second-order valence-electron chi connectivity index (χ2n) is 6.34. The van der Waals surface area contributed by atoms with E-state index < -0.39 is 5.97 Å². The highest BCUT2D eigenvalue weighted by molar-refractivity contribution is 9.10. The van der Waals surface area contributed by atoms with Crippen molar-refractivity contribution in [2.75, 3.05) is 7.11 Å². The molecule has 152 valence electrons. The number of esters is 1. The van der Waals surface area contributed by atoms with Crippen LogP contribution >= 0.6 is 15.9 Å². The van der Waals surface area contributed by atoms with Crippen LogP contribution in [-0.4, -0.2) is 25.2 Å². The first-order valence-electron chi connectivity index (χ1n) is 9.03. The maximum atomic E-state index is 12.3. The molecule has 3 aromatic rings. The number of nitrogens with one attached hydrogen (secondary N) is 1. The summed E-state index contributed by atoms with van der Waals surface area (Å²) in [6, 6.07) is 19.1. The Morgan fingerprint density at radius 3 is 2.43 bits per heavy atom. The number of hydrogen-bond acceptors (Lipinski definition) is 5. The first-order chi connectivity index (χ1) is 14.5. The minimum atomic E-state index is -0.476. The fourth-order valence-electron chi connectivity index (χ4n) is 2.57. The van der Waals surface area contributed by atoms with Gasteiger partial charge in [0, 0.05) is 4.47 Å². The van der Waals surface area contributed by atoms with Gasteiger partial charge in [-0.05, 0) is 70.9 Å². The van der Waals surface area contributed by atoms with Crippen LogP contribution in [0.2, 0.25) is 0 Å². The summed E-state index contributed by atoms with van der Waals surface area (Å²) >= 11 is 3.33. The number of methoxy groups -OCH3 is 1. The van der Waals surface area contributed by atoms with Crippen LogP contribution in [0.5, 0.6) is 11.5 Å². The number of hydrazone groups is 1. The van der Waals surface area contributed by atoms with Gasteiger partial charge in [0.2, 0.25) is 0 Å². The average molecular weight is 467 g/mol. The fourth-order valence-corrected chi connectivity index (χ4v) is 3.03. The third-order valence-corrected chi connectivity index (χ3v) is 4.87. The average Bonchev–Trinajstić information content (AvgIpc) is 2.75. The number of benzene rings is 3. The highest BCUT2D eigenvalue weighted by Gasteiger charge is 2.13. The van der Waals surface area contributed by atoms with Gasteiger partial charge in [-0.15, -0.1) is 0 Å². The predicted octanol–water partition coefficient (Wildman–Crippen LogP) is 4.75. The zero-order valence-electron chi connectivity index (χ0n) is 16.4. The second kappa shape index (κ2) is 9.84. The summed E-state index contributed by atoms with van der Waals surface area (Å²) in [5.41, 5.74) is 5.11. The Kier molecular flexibility index (Phi) is 6.98. The van der Waals surface area contributed by atoms with Crippen molar-refractivity contribution in [1.82, 2.24) is 5.43 Å². The van der Waals surface area contributed by atoms with Gasteiger partial charge >= 0.3 is 5.97 Å². The molecule has 0 aliphatic rings. The van der Waals surface area contributed by atoms with Crippen LogP contribution in [0.1, 0.15) is 31.8 Å². The van der Waals surface area contributed by atoms with E-state index in [0.717, 1.165) is 5.56 Å². The Labute approximate surface area is 182 Å². The molecule has 0 fully saturated rings. The number of aryl methyl sites for hydroxylation is 1. The van der Waals surface area contributed by atoms with E-state index in [9.17, 15) is 9.59 Å². The molecule has 0 aliphatic carbocycles. The Hall–Kier alpha value is -3.45. The number of amides is 1. The van der Waals surface area contributed by atoms with Crippen LogP contribution in [0.15, 0.2) is 76.3 Å². The van der Waals surface area contributed by atoms with Crippen molar-refractivity contribution >= 4 is 34.0 Å². The summed E-state index contributed by atoms with van der Waals surface area (Å²) in [5, 5.41) is 3.97. The Bertz CT molecular complexity index is 1090. The minimum absolute atomic E-state index is 0.289. The first kappa shape index (κ1) is 21.3. The molecular weight excluding hydrogens is 448 g/mol. The number of carbonyl (C=O) groups is 2. The van der Waals surface area contributed by atoms with E-state index in [-0.39, 0.29) is 11.7 Å². The number of rotatable bonds is 6. The lowest BCUT2D eigenvalue weighted by molar-refractivity contribution is 0.0729. The number of halogens is 1. The maximum Gasteiger partial charge on any atom is 0.343 e. The van der Waals surface area contributed by atoms with Gasteiger partial charge in [0.1, 0.15) is 0 Å². The van der Waals surface area contributed by atoms with Crippen LogP contribution in [0, 0.1) is 6.92 Å². The van der Waals surface area contributed by atoms with Crippen LogP contribution in [0.3, 0.4) is 0 Å². The quantitative estimate of drug-likeness (QED) is 0.246. The van der Waals surface area contributed by atoms with Crippen molar-refractivity contribution in [3.05, 3.63) is 93.5 Å². The maximum absolute atomic E-state index is 12.3. The van der Waals surface area contributed by atoms with Crippen molar-refractivity contribution < 1.29 is 19.1 Å². The summed E-state index contributed by atoms with van der Waals surface area (Å²) in [5.74, 6) is -0.154. The number of carbonyl (C=O) groups excluding carboxylic acids is 2. The van der Waals surface area contributed by atoms with E-state index in [1.165, 1.54) is 13.3 Å². The monoisotopic (exact) mass is 466 g/mol. The summed E-state index contributed by atoms with van der Waals surface area (Å²) in [4.78, 5) is 24.5. The molecule has 0 saturated carbocycles. The topological polar surface area (TPSA) is 77.0 Å². The smallest absolute Gasteiger partial charge is 0.343 e. The third kappa shape index (κ3) is 5.33. The van der Waals surface area contributed by atoms with Crippen LogP contribution < -0.4 is 14.9 Å². The molecule has 3 aromatic carbocycles. The Morgan fingerprint density at radius 1 is 1.00 bits per heavy atom. The Morgan fingerprint density at radius 2 is 1.73 bits per heavy atom. The molecule has 0 atom stereocenters. The molecular formula is C23H19BrN2O4. The summed E-state index contributed by atoms with van der Waals surface area (Å²) in [6.45, 7) is 1.94. The molecule has 0 bridgehead atoms. The molecule has 0 heterocycles. The van der Waals surface area contributed by atoms with E-state index in [4.69, 9.17) is 9.47 Å². The normalized spacial score (nSPS) is 10.6.